The SMILES string of the molecule is Cc1ccccc1/C=C(\NC(=O)c1ccccc1)C(=O)Nc1ccc(SC(C)C(=O)Nc2nc(-c3cccs3)cs2)cc1. The van der Waals surface area contributed by atoms with Crippen molar-refractivity contribution in [2.75, 3.05) is 10.6 Å². The van der Waals surface area contributed by atoms with Crippen LogP contribution in [0, 0.1) is 6.92 Å². The van der Waals surface area contributed by atoms with Gasteiger partial charge in [-0.25, -0.2) is 4.98 Å². The summed E-state index contributed by atoms with van der Waals surface area (Å²) < 4.78 is 0. The van der Waals surface area contributed by atoms with Crippen LogP contribution >= 0.6 is 34.4 Å². The summed E-state index contributed by atoms with van der Waals surface area (Å²) in [6.07, 6.45) is 1.67. The monoisotopic (exact) mass is 624 g/mol. The number of anilines is 2. The molecule has 0 aliphatic rings. The summed E-state index contributed by atoms with van der Waals surface area (Å²) in [5, 5.41) is 12.7. The summed E-state index contributed by atoms with van der Waals surface area (Å²) in [7, 11) is 0. The standard InChI is InChI=1S/C33H28N4O3S3/c1-21-9-6-7-12-24(21)19-27(35-31(39)23-10-4-3-5-11-23)32(40)34-25-14-16-26(17-15-25)43-22(2)30(38)37-33-36-28(20-42-33)29-13-8-18-41-29/h3-20,22H,1-2H3,(H,34,40)(H,35,39)(H,36,37,38)/b27-19-. The van der Waals surface area contributed by atoms with Gasteiger partial charge in [-0.15, -0.1) is 34.4 Å². The van der Waals surface area contributed by atoms with Crippen LogP contribution in [0.3, 0.4) is 0 Å². The molecule has 2 heterocycles. The molecule has 5 aromatic rings. The van der Waals surface area contributed by atoms with Gasteiger partial charge in [-0.05, 0) is 78.9 Å². The van der Waals surface area contributed by atoms with Crippen molar-refractivity contribution in [3.8, 4) is 10.6 Å². The zero-order chi connectivity index (χ0) is 30.2. The molecule has 0 aliphatic carbocycles. The number of benzene rings is 3. The largest absolute Gasteiger partial charge is 0.321 e. The van der Waals surface area contributed by atoms with E-state index in [1.165, 1.54) is 23.1 Å². The highest BCUT2D eigenvalue weighted by Crippen LogP contribution is 2.30. The minimum Gasteiger partial charge on any atom is -0.321 e. The van der Waals surface area contributed by atoms with Gasteiger partial charge in [0.1, 0.15) is 5.70 Å². The Kier molecular flexibility index (Phi) is 9.83. The van der Waals surface area contributed by atoms with Crippen LogP contribution < -0.4 is 16.0 Å². The highest BCUT2D eigenvalue weighted by molar-refractivity contribution is 8.00. The minimum absolute atomic E-state index is 0.122. The number of rotatable bonds is 10. The van der Waals surface area contributed by atoms with Crippen LogP contribution in [0.5, 0.6) is 0 Å². The number of amides is 3. The van der Waals surface area contributed by atoms with Gasteiger partial charge in [-0.1, -0.05) is 48.5 Å². The first-order valence-electron chi connectivity index (χ1n) is 13.4. The zero-order valence-corrected chi connectivity index (χ0v) is 25.8. The number of nitrogens with one attached hydrogen (secondary N) is 3. The van der Waals surface area contributed by atoms with Crippen LogP contribution in [0.2, 0.25) is 0 Å². The molecule has 3 N–H and O–H groups in total. The van der Waals surface area contributed by atoms with Gasteiger partial charge in [-0.3, -0.25) is 14.4 Å². The Hall–Kier alpha value is -4.51. The second-order valence-electron chi connectivity index (χ2n) is 9.48. The number of thioether (sulfide) groups is 1. The van der Waals surface area contributed by atoms with Crippen molar-refractivity contribution in [3.63, 3.8) is 0 Å². The smallest absolute Gasteiger partial charge is 0.272 e. The topological polar surface area (TPSA) is 100 Å². The van der Waals surface area contributed by atoms with Crippen LogP contribution in [-0.4, -0.2) is 28.0 Å². The van der Waals surface area contributed by atoms with Gasteiger partial charge in [0, 0.05) is 21.5 Å². The molecule has 5 rings (SSSR count). The minimum atomic E-state index is -0.453. The van der Waals surface area contributed by atoms with E-state index in [1.54, 1.807) is 53.8 Å². The summed E-state index contributed by atoms with van der Waals surface area (Å²) in [6.45, 7) is 3.78. The Labute approximate surface area is 262 Å². The van der Waals surface area contributed by atoms with E-state index in [-0.39, 0.29) is 22.8 Å². The van der Waals surface area contributed by atoms with Gasteiger partial charge in [0.2, 0.25) is 5.91 Å². The lowest BCUT2D eigenvalue weighted by molar-refractivity contribution is -0.115. The highest BCUT2D eigenvalue weighted by atomic mass is 32.2. The second-order valence-corrected chi connectivity index (χ2v) is 12.7. The number of thiazole rings is 1. The second kappa shape index (κ2) is 14.1. The van der Waals surface area contributed by atoms with Crippen LogP contribution in [0.25, 0.3) is 16.6 Å². The number of hydrogen-bond acceptors (Lipinski definition) is 7. The fourth-order valence-electron chi connectivity index (χ4n) is 4.00. The number of aromatic nitrogens is 1. The number of aryl methyl sites for hydroxylation is 1. The Morgan fingerprint density at radius 2 is 1.60 bits per heavy atom. The van der Waals surface area contributed by atoms with Crippen molar-refractivity contribution < 1.29 is 14.4 Å². The molecule has 0 fully saturated rings. The van der Waals surface area contributed by atoms with E-state index in [9.17, 15) is 14.4 Å². The third kappa shape index (κ3) is 8.07. The van der Waals surface area contributed by atoms with E-state index >= 15 is 0 Å². The molecule has 216 valence electrons. The molecule has 0 saturated carbocycles. The Balaban J connectivity index is 1.22. The summed E-state index contributed by atoms with van der Waals surface area (Å²) in [5.41, 5.74) is 3.77. The molecule has 10 heteroatoms. The average molecular weight is 625 g/mol. The van der Waals surface area contributed by atoms with Gasteiger partial charge in [-0.2, -0.15) is 0 Å². The highest BCUT2D eigenvalue weighted by Gasteiger charge is 2.18. The molecule has 0 radical (unpaired) electrons. The van der Waals surface area contributed by atoms with E-state index in [0.717, 1.165) is 26.6 Å². The third-order valence-electron chi connectivity index (χ3n) is 6.32. The van der Waals surface area contributed by atoms with Gasteiger partial charge >= 0.3 is 0 Å². The number of thiophene rings is 1. The predicted molar refractivity (Wildman–Crippen MR) is 178 cm³/mol. The molecule has 43 heavy (non-hydrogen) atoms. The van der Waals surface area contributed by atoms with Gasteiger partial charge in [0.05, 0.1) is 15.8 Å². The van der Waals surface area contributed by atoms with Crippen molar-refractivity contribution in [3.05, 3.63) is 124 Å². The lowest BCUT2D eigenvalue weighted by atomic mass is 10.1. The van der Waals surface area contributed by atoms with Gasteiger partial charge in [0.25, 0.3) is 11.8 Å². The van der Waals surface area contributed by atoms with Gasteiger partial charge in [0.15, 0.2) is 5.13 Å². The van der Waals surface area contributed by atoms with E-state index < -0.39 is 5.91 Å². The summed E-state index contributed by atoms with van der Waals surface area (Å²) in [4.78, 5) is 45.5. The third-order valence-corrected chi connectivity index (χ3v) is 9.08. The van der Waals surface area contributed by atoms with Crippen molar-refractivity contribution in [2.45, 2.75) is 24.0 Å². The molecule has 0 bridgehead atoms. The van der Waals surface area contributed by atoms with Crippen LogP contribution in [0.15, 0.2) is 112 Å². The fraction of sp³-hybridized carbons (Fsp3) is 0.0909. The van der Waals surface area contributed by atoms with E-state index in [0.29, 0.717) is 16.4 Å². The number of carbonyl (C=O) groups excluding carboxylic acids is 3. The molecule has 0 aliphatic heterocycles. The molecule has 3 amide bonds. The summed E-state index contributed by atoms with van der Waals surface area (Å²) in [5.74, 6) is -0.976. The van der Waals surface area contributed by atoms with E-state index in [2.05, 4.69) is 20.9 Å². The maximum absolute atomic E-state index is 13.3. The lowest BCUT2D eigenvalue weighted by Gasteiger charge is -2.13. The van der Waals surface area contributed by atoms with Crippen LogP contribution in [-0.2, 0) is 9.59 Å². The quantitative estimate of drug-likeness (QED) is 0.109. The first kappa shape index (κ1) is 30.0. The zero-order valence-electron chi connectivity index (χ0n) is 23.4. The average Bonchev–Trinajstić information content (AvgIpc) is 3.72. The molecule has 7 nitrogen and oxygen atoms in total. The molecular weight excluding hydrogens is 597 g/mol. The molecular formula is C33H28N4O3S3. The summed E-state index contributed by atoms with van der Waals surface area (Å²) >= 11 is 4.41. The maximum Gasteiger partial charge on any atom is 0.272 e. The Morgan fingerprint density at radius 1 is 0.860 bits per heavy atom. The molecule has 1 unspecified atom stereocenters. The number of carbonyl (C=O) groups is 3. The van der Waals surface area contributed by atoms with E-state index in [1.807, 2.05) is 79.2 Å². The number of nitrogens with zero attached hydrogens (tertiary/aromatic N) is 1. The van der Waals surface area contributed by atoms with Crippen LogP contribution in [0.4, 0.5) is 10.8 Å². The number of hydrogen-bond donors (Lipinski definition) is 3. The van der Waals surface area contributed by atoms with Gasteiger partial charge < -0.3 is 16.0 Å². The molecule has 0 saturated heterocycles. The Morgan fingerprint density at radius 3 is 2.33 bits per heavy atom. The fourth-order valence-corrected chi connectivity index (χ4v) is 6.34. The normalized spacial score (nSPS) is 11.9. The van der Waals surface area contributed by atoms with E-state index in [4.69, 9.17) is 0 Å². The van der Waals surface area contributed by atoms with Crippen molar-refractivity contribution in [1.82, 2.24) is 10.3 Å². The molecule has 2 aromatic heterocycles. The molecule has 3 aromatic carbocycles. The first-order valence-corrected chi connectivity index (χ1v) is 16.0. The summed E-state index contributed by atoms with van der Waals surface area (Å²) in [6, 6.07) is 27.6. The first-order chi connectivity index (χ1) is 20.9. The Bertz CT molecular complexity index is 1750. The van der Waals surface area contributed by atoms with Crippen LogP contribution in [0.1, 0.15) is 28.4 Å². The lowest BCUT2D eigenvalue weighted by Crippen LogP contribution is -2.30. The van der Waals surface area contributed by atoms with Crippen molar-refractivity contribution >= 4 is 69.1 Å². The van der Waals surface area contributed by atoms with Crippen molar-refractivity contribution in [1.29, 1.82) is 0 Å². The maximum atomic E-state index is 13.3. The molecule has 1 atom stereocenters. The molecule has 0 spiro atoms. The van der Waals surface area contributed by atoms with Crippen molar-refractivity contribution in [2.24, 2.45) is 0 Å². The predicted octanol–water partition coefficient (Wildman–Crippen LogP) is 7.71.